The van der Waals surface area contributed by atoms with Gasteiger partial charge in [0.1, 0.15) is 5.75 Å². The number of morpholine rings is 1. The maximum atomic E-state index is 12.7. The van der Waals surface area contributed by atoms with Crippen LogP contribution in [0.2, 0.25) is 0 Å². The van der Waals surface area contributed by atoms with Gasteiger partial charge in [-0.25, -0.2) is 0 Å². The number of anilines is 2. The smallest absolute Gasteiger partial charge is 0.256 e. The van der Waals surface area contributed by atoms with Crippen molar-refractivity contribution in [1.29, 1.82) is 0 Å². The summed E-state index contributed by atoms with van der Waals surface area (Å²) in [7, 11) is 3.58. The van der Waals surface area contributed by atoms with E-state index in [1.54, 1.807) is 18.4 Å². The Morgan fingerprint density at radius 1 is 1.17 bits per heavy atom. The molecule has 1 aliphatic heterocycles. The van der Waals surface area contributed by atoms with Crippen LogP contribution in [0.3, 0.4) is 0 Å². The number of rotatable bonds is 6. The lowest BCUT2D eigenvalue weighted by Crippen LogP contribution is -2.36. The van der Waals surface area contributed by atoms with Crippen LogP contribution in [-0.2, 0) is 11.3 Å². The molecule has 0 bridgehead atoms. The molecule has 0 aliphatic carbocycles. The number of methoxy groups -OCH3 is 1. The topological polar surface area (TPSA) is 62.8 Å². The molecule has 1 aromatic heterocycles. The third-order valence-electron chi connectivity index (χ3n) is 5.03. The van der Waals surface area contributed by atoms with Crippen molar-refractivity contribution in [3.63, 3.8) is 0 Å². The van der Waals surface area contributed by atoms with E-state index in [1.807, 2.05) is 43.4 Å². The van der Waals surface area contributed by atoms with Gasteiger partial charge in [-0.05, 0) is 42.9 Å². The first-order valence-electron chi connectivity index (χ1n) is 9.67. The quantitative estimate of drug-likeness (QED) is 0.647. The lowest BCUT2D eigenvalue weighted by molar-refractivity contribution is 0.102. The van der Waals surface area contributed by atoms with Crippen LogP contribution in [0.15, 0.2) is 42.5 Å². The number of carbonyl (C=O) groups is 1. The van der Waals surface area contributed by atoms with E-state index in [-0.39, 0.29) is 5.91 Å². The Hall–Kier alpha value is -2.61. The molecule has 7 heteroatoms. The number of thiophene rings is 1. The number of ether oxygens (including phenoxy) is 2. The van der Waals surface area contributed by atoms with E-state index in [1.165, 1.54) is 0 Å². The third-order valence-corrected chi connectivity index (χ3v) is 6.10. The molecule has 1 amide bonds. The van der Waals surface area contributed by atoms with Crippen molar-refractivity contribution in [3.8, 4) is 5.75 Å². The Bertz CT molecular complexity index is 994. The Labute approximate surface area is 174 Å². The van der Waals surface area contributed by atoms with Crippen molar-refractivity contribution >= 4 is 38.0 Å². The molecule has 2 aromatic carbocycles. The van der Waals surface area contributed by atoms with Crippen LogP contribution in [0.25, 0.3) is 10.1 Å². The Balaban J connectivity index is 1.61. The number of hydrogen-bond donors (Lipinski definition) is 2. The summed E-state index contributed by atoms with van der Waals surface area (Å²) >= 11 is 1.58. The van der Waals surface area contributed by atoms with Gasteiger partial charge in [0, 0.05) is 30.6 Å². The number of nitrogens with one attached hydrogen (secondary N) is 2. The van der Waals surface area contributed by atoms with Crippen molar-refractivity contribution in [2.24, 2.45) is 0 Å². The Morgan fingerprint density at radius 3 is 2.62 bits per heavy atom. The van der Waals surface area contributed by atoms with Gasteiger partial charge in [-0.2, -0.15) is 0 Å². The van der Waals surface area contributed by atoms with Crippen molar-refractivity contribution in [2.45, 2.75) is 6.54 Å². The number of hydrogen-bond acceptors (Lipinski definition) is 6. The molecule has 1 aliphatic rings. The predicted molar refractivity (Wildman–Crippen MR) is 119 cm³/mol. The minimum absolute atomic E-state index is 0.112. The van der Waals surface area contributed by atoms with E-state index in [2.05, 4.69) is 21.6 Å². The van der Waals surface area contributed by atoms with Crippen molar-refractivity contribution in [2.75, 3.05) is 50.7 Å². The van der Waals surface area contributed by atoms with Crippen LogP contribution in [0.5, 0.6) is 5.75 Å². The van der Waals surface area contributed by atoms with Gasteiger partial charge in [-0.3, -0.25) is 4.79 Å². The molecule has 6 nitrogen and oxygen atoms in total. The molecule has 3 aromatic rings. The minimum Gasteiger partial charge on any atom is -0.496 e. The summed E-state index contributed by atoms with van der Waals surface area (Å²) in [6.07, 6.45) is 0. The van der Waals surface area contributed by atoms with Gasteiger partial charge in [0.25, 0.3) is 5.91 Å². The number of carbonyl (C=O) groups excluding carboxylic acids is 1. The lowest BCUT2D eigenvalue weighted by atomic mass is 10.1. The standard InChI is InChI=1S/C22H25N3O3S/c1-23-14-15-3-5-16(6-4-15)22(26)24-20-13-17-19(27-2)8-7-18(21(17)29-20)25-9-11-28-12-10-25/h3-8,13,23H,9-12,14H2,1-2H3,(H,24,26). The highest BCUT2D eigenvalue weighted by molar-refractivity contribution is 7.23. The number of amides is 1. The van der Waals surface area contributed by atoms with Gasteiger partial charge in [0.2, 0.25) is 0 Å². The number of fused-ring (bicyclic) bond motifs is 1. The second kappa shape index (κ2) is 8.82. The third kappa shape index (κ3) is 4.22. The zero-order chi connectivity index (χ0) is 20.2. The van der Waals surface area contributed by atoms with Gasteiger partial charge >= 0.3 is 0 Å². The molecule has 4 rings (SSSR count). The van der Waals surface area contributed by atoms with E-state index in [0.717, 1.165) is 64.9 Å². The fourth-order valence-corrected chi connectivity index (χ4v) is 4.65. The molecular weight excluding hydrogens is 386 g/mol. The van der Waals surface area contributed by atoms with Gasteiger partial charge in [0.05, 0.1) is 35.7 Å². The number of nitrogens with zero attached hydrogens (tertiary/aromatic N) is 1. The molecule has 2 heterocycles. The van der Waals surface area contributed by atoms with Crippen molar-refractivity contribution in [1.82, 2.24) is 5.32 Å². The van der Waals surface area contributed by atoms with E-state index in [4.69, 9.17) is 9.47 Å². The van der Waals surface area contributed by atoms with Gasteiger partial charge in [-0.15, -0.1) is 11.3 Å². The molecule has 0 radical (unpaired) electrons. The highest BCUT2D eigenvalue weighted by Crippen LogP contribution is 2.42. The molecule has 0 spiro atoms. The summed E-state index contributed by atoms with van der Waals surface area (Å²) in [5, 5.41) is 7.98. The first-order valence-corrected chi connectivity index (χ1v) is 10.5. The maximum Gasteiger partial charge on any atom is 0.256 e. The van der Waals surface area contributed by atoms with Crippen LogP contribution in [-0.4, -0.2) is 46.4 Å². The van der Waals surface area contributed by atoms with Crippen LogP contribution in [0.1, 0.15) is 15.9 Å². The predicted octanol–water partition coefficient (Wildman–Crippen LogP) is 3.72. The van der Waals surface area contributed by atoms with E-state index >= 15 is 0 Å². The summed E-state index contributed by atoms with van der Waals surface area (Å²) in [6.45, 7) is 3.96. The summed E-state index contributed by atoms with van der Waals surface area (Å²) in [5.74, 6) is 0.699. The SMILES string of the molecule is CNCc1ccc(C(=O)Nc2cc3c(OC)ccc(N4CCOCC4)c3s2)cc1. The Kier molecular flexibility index (Phi) is 5.99. The lowest BCUT2D eigenvalue weighted by Gasteiger charge is -2.29. The van der Waals surface area contributed by atoms with Crippen molar-refractivity contribution < 1.29 is 14.3 Å². The second-order valence-electron chi connectivity index (χ2n) is 6.92. The molecule has 2 N–H and O–H groups in total. The molecule has 0 saturated carbocycles. The van der Waals surface area contributed by atoms with Gasteiger partial charge < -0.3 is 25.0 Å². The van der Waals surface area contributed by atoms with Gasteiger partial charge in [0.15, 0.2) is 0 Å². The van der Waals surface area contributed by atoms with E-state index in [0.29, 0.717) is 5.56 Å². The number of benzene rings is 2. The molecule has 1 saturated heterocycles. The average molecular weight is 412 g/mol. The van der Waals surface area contributed by atoms with E-state index < -0.39 is 0 Å². The summed E-state index contributed by atoms with van der Waals surface area (Å²) in [6, 6.07) is 13.7. The zero-order valence-electron chi connectivity index (χ0n) is 16.7. The average Bonchev–Trinajstić information content (AvgIpc) is 3.18. The zero-order valence-corrected chi connectivity index (χ0v) is 17.5. The molecule has 1 fully saturated rings. The monoisotopic (exact) mass is 411 g/mol. The molecule has 29 heavy (non-hydrogen) atoms. The maximum absolute atomic E-state index is 12.7. The van der Waals surface area contributed by atoms with Crippen LogP contribution < -0.4 is 20.3 Å². The highest BCUT2D eigenvalue weighted by Gasteiger charge is 2.19. The fraction of sp³-hybridized carbons (Fsp3) is 0.318. The first-order chi connectivity index (χ1) is 14.2. The normalized spacial score (nSPS) is 14.2. The Morgan fingerprint density at radius 2 is 1.93 bits per heavy atom. The summed E-state index contributed by atoms with van der Waals surface area (Å²) in [5.41, 5.74) is 2.94. The molecular formula is C22H25N3O3S. The molecule has 152 valence electrons. The molecule has 0 unspecified atom stereocenters. The minimum atomic E-state index is -0.112. The summed E-state index contributed by atoms with van der Waals surface area (Å²) in [4.78, 5) is 15.1. The second-order valence-corrected chi connectivity index (χ2v) is 7.97. The van der Waals surface area contributed by atoms with Crippen LogP contribution in [0.4, 0.5) is 10.7 Å². The summed E-state index contributed by atoms with van der Waals surface area (Å²) < 4.78 is 12.2. The first kappa shape index (κ1) is 19.7. The van der Waals surface area contributed by atoms with Crippen molar-refractivity contribution in [3.05, 3.63) is 53.6 Å². The van der Waals surface area contributed by atoms with E-state index in [9.17, 15) is 4.79 Å². The van der Waals surface area contributed by atoms with Crippen LogP contribution in [0, 0.1) is 0 Å². The highest BCUT2D eigenvalue weighted by atomic mass is 32.1. The largest absolute Gasteiger partial charge is 0.496 e. The fourth-order valence-electron chi connectivity index (χ4n) is 3.54. The molecule has 0 atom stereocenters. The van der Waals surface area contributed by atoms with Gasteiger partial charge in [-0.1, -0.05) is 12.1 Å². The van der Waals surface area contributed by atoms with Crippen LogP contribution >= 0.6 is 11.3 Å².